The van der Waals surface area contributed by atoms with Crippen molar-refractivity contribution in [2.24, 2.45) is 0 Å². The molecule has 1 aromatic rings. The Labute approximate surface area is 119 Å². The van der Waals surface area contributed by atoms with Crippen LogP contribution in [0.15, 0.2) is 30.3 Å². The van der Waals surface area contributed by atoms with Crippen LogP contribution in [0, 0.1) is 11.7 Å². The molecule has 0 aliphatic rings. The summed E-state index contributed by atoms with van der Waals surface area (Å²) in [4.78, 5) is 0. The highest BCUT2D eigenvalue weighted by atomic mass is 28.3. The minimum Gasteiger partial charge on any atom is -0.408 e. The predicted molar refractivity (Wildman–Crippen MR) is 85.9 cm³/mol. The largest absolute Gasteiger partial charge is 0.408 e. The van der Waals surface area contributed by atoms with Crippen LogP contribution >= 0.6 is 0 Å². The first-order valence-corrected chi connectivity index (χ1v) is 9.38. The zero-order valence-corrected chi connectivity index (χ0v) is 14.0. The topological polar surface area (TPSA) is 9.23 Å². The molecule has 0 aliphatic carbocycles. The Morgan fingerprint density at radius 2 is 1.32 bits per heavy atom. The van der Waals surface area contributed by atoms with Crippen LogP contribution in [0.1, 0.15) is 41.5 Å². The maximum absolute atomic E-state index is 5.59. The summed E-state index contributed by atoms with van der Waals surface area (Å²) in [5, 5.41) is 0. The fourth-order valence-electron chi connectivity index (χ4n) is 3.09. The molecule has 19 heavy (non-hydrogen) atoms. The molecule has 1 aromatic carbocycles. The molecule has 0 bridgehead atoms. The minimum atomic E-state index is -1.67. The van der Waals surface area contributed by atoms with Crippen LogP contribution in [0.5, 0.6) is 5.75 Å². The molecular weight excluding hydrogens is 248 g/mol. The van der Waals surface area contributed by atoms with Gasteiger partial charge in [0, 0.05) is 0 Å². The second-order valence-electron chi connectivity index (χ2n) is 6.04. The van der Waals surface area contributed by atoms with E-state index in [2.05, 4.69) is 53.2 Å². The van der Waals surface area contributed by atoms with Crippen molar-refractivity contribution in [2.75, 3.05) is 0 Å². The summed E-state index contributed by atoms with van der Waals surface area (Å²) in [6, 6.07) is 9.80. The molecule has 0 N–H and O–H groups in total. The lowest BCUT2D eigenvalue weighted by Gasteiger charge is -2.37. The standard InChI is InChI=1S/C17H26OSi/c1-14(2)19(15(3)4,16(5)6)13-12-18-17-10-8-7-9-11-17/h7-11,14-16H,1-6H3. The predicted octanol–water partition coefficient (Wildman–Crippen LogP) is 5.24. The van der Waals surface area contributed by atoms with Crippen molar-refractivity contribution in [3.63, 3.8) is 0 Å². The summed E-state index contributed by atoms with van der Waals surface area (Å²) in [5.41, 5.74) is 5.46. The summed E-state index contributed by atoms with van der Waals surface area (Å²) in [6.45, 7) is 13.9. The van der Waals surface area contributed by atoms with Crippen molar-refractivity contribution in [3.8, 4) is 17.4 Å². The fraction of sp³-hybridized carbons (Fsp3) is 0.529. The van der Waals surface area contributed by atoms with E-state index in [-0.39, 0.29) is 0 Å². The van der Waals surface area contributed by atoms with E-state index >= 15 is 0 Å². The van der Waals surface area contributed by atoms with Crippen molar-refractivity contribution in [1.82, 2.24) is 0 Å². The van der Waals surface area contributed by atoms with Crippen molar-refractivity contribution < 1.29 is 4.74 Å². The van der Waals surface area contributed by atoms with Gasteiger partial charge in [0.15, 0.2) is 8.07 Å². The van der Waals surface area contributed by atoms with Gasteiger partial charge in [-0.2, -0.15) is 0 Å². The van der Waals surface area contributed by atoms with Gasteiger partial charge in [-0.25, -0.2) is 0 Å². The summed E-state index contributed by atoms with van der Waals surface area (Å²) in [6.07, 6.45) is 3.00. The van der Waals surface area contributed by atoms with Crippen molar-refractivity contribution in [1.29, 1.82) is 0 Å². The van der Waals surface area contributed by atoms with Crippen LogP contribution in [0.4, 0.5) is 0 Å². The van der Waals surface area contributed by atoms with Gasteiger partial charge < -0.3 is 4.74 Å². The van der Waals surface area contributed by atoms with E-state index in [9.17, 15) is 0 Å². The second-order valence-corrected chi connectivity index (χ2v) is 11.6. The molecule has 1 rings (SSSR count). The Morgan fingerprint density at radius 1 is 0.842 bits per heavy atom. The van der Waals surface area contributed by atoms with Crippen LogP contribution in [0.3, 0.4) is 0 Å². The van der Waals surface area contributed by atoms with Gasteiger partial charge in [-0.1, -0.05) is 65.3 Å². The highest BCUT2D eigenvalue weighted by molar-refractivity contribution is 6.90. The molecule has 0 aromatic heterocycles. The van der Waals surface area contributed by atoms with Gasteiger partial charge in [-0.3, -0.25) is 0 Å². The van der Waals surface area contributed by atoms with E-state index in [1.807, 2.05) is 30.3 Å². The van der Waals surface area contributed by atoms with Crippen molar-refractivity contribution in [3.05, 3.63) is 30.3 Å². The minimum absolute atomic E-state index is 0.638. The molecule has 0 saturated carbocycles. The third-order valence-corrected chi connectivity index (χ3v) is 10.3. The van der Waals surface area contributed by atoms with Crippen LogP contribution in [0.2, 0.25) is 16.6 Å². The number of para-hydroxylation sites is 1. The molecule has 0 spiro atoms. The average Bonchev–Trinajstić information content (AvgIpc) is 2.34. The maximum atomic E-state index is 5.59. The monoisotopic (exact) mass is 274 g/mol. The number of benzene rings is 1. The lowest BCUT2D eigenvalue weighted by Crippen LogP contribution is -2.43. The molecule has 104 valence electrons. The summed E-state index contributed by atoms with van der Waals surface area (Å²) in [7, 11) is -1.67. The molecule has 0 fully saturated rings. The molecular formula is C17H26OSi. The molecule has 0 radical (unpaired) electrons. The van der Waals surface area contributed by atoms with Gasteiger partial charge in [0.1, 0.15) is 11.9 Å². The highest BCUT2D eigenvalue weighted by Crippen LogP contribution is 2.40. The number of hydrogen-bond acceptors (Lipinski definition) is 1. The van der Waals surface area contributed by atoms with E-state index in [4.69, 9.17) is 4.74 Å². The SMILES string of the molecule is CC(C)[Si](C#COc1ccccc1)(C(C)C)C(C)C. The fourth-order valence-corrected chi connectivity index (χ4v) is 8.19. The molecule has 0 aliphatic heterocycles. The van der Waals surface area contributed by atoms with Crippen molar-refractivity contribution >= 4 is 8.07 Å². The lowest BCUT2D eigenvalue weighted by molar-refractivity contribution is 0.520. The molecule has 0 saturated heterocycles. The molecule has 0 amide bonds. The quantitative estimate of drug-likeness (QED) is 0.538. The van der Waals surface area contributed by atoms with Gasteiger partial charge in [0.25, 0.3) is 0 Å². The first kappa shape index (κ1) is 15.9. The van der Waals surface area contributed by atoms with Crippen LogP contribution in [-0.4, -0.2) is 8.07 Å². The summed E-state index contributed by atoms with van der Waals surface area (Å²) >= 11 is 0. The van der Waals surface area contributed by atoms with E-state index < -0.39 is 8.07 Å². The maximum Gasteiger partial charge on any atom is 0.150 e. The average molecular weight is 274 g/mol. The molecule has 0 unspecified atom stereocenters. The third-order valence-electron chi connectivity index (χ3n) is 4.05. The smallest absolute Gasteiger partial charge is 0.150 e. The van der Waals surface area contributed by atoms with Crippen LogP contribution < -0.4 is 4.74 Å². The van der Waals surface area contributed by atoms with E-state index in [0.29, 0.717) is 16.6 Å². The zero-order chi connectivity index (χ0) is 14.5. The number of ether oxygens (including phenoxy) is 1. The first-order valence-electron chi connectivity index (χ1n) is 7.15. The zero-order valence-electron chi connectivity index (χ0n) is 13.0. The molecule has 2 heteroatoms. The summed E-state index contributed by atoms with van der Waals surface area (Å²) < 4.78 is 5.59. The van der Waals surface area contributed by atoms with E-state index in [1.54, 1.807) is 0 Å². The van der Waals surface area contributed by atoms with Crippen LogP contribution in [0.25, 0.3) is 0 Å². The lowest BCUT2D eigenvalue weighted by atomic mass is 10.3. The Bertz CT molecular complexity index is 416. The number of hydrogen-bond donors (Lipinski definition) is 0. The molecule has 1 nitrogen and oxygen atoms in total. The van der Waals surface area contributed by atoms with Crippen LogP contribution in [-0.2, 0) is 0 Å². The number of rotatable bonds is 4. The first-order chi connectivity index (χ1) is 8.91. The van der Waals surface area contributed by atoms with Gasteiger partial charge in [0.2, 0.25) is 0 Å². The van der Waals surface area contributed by atoms with Gasteiger partial charge in [-0.15, -0.1) is 0 Å². The van der Waals surface area contributed by atoms with E-state index in [1.165, 1.54) is 0 Å². The Balaban J connectivity index is 2.97. The second kappa shape index (κ2) is 6.82. The summed E-state index contributed by atoms with van der Waals surface area (Å²) in [5.74, 6) is 0.828. The van der Waals surface area contributed by atoms with Gasteiger partial charge in [0.05, 0.1) is 0 Å². The Kier molecular flexibility index (Phi) is 5.69. The molecule has 0 atom stereocenters. The Morgan fingerprint density at radius 3 is 1.74 bits per heavy atom. The normalized spacial score (nSPS) is 11.6. The van der Waals surface area contributed by atoms with E-state index in [0.717, 1.165) is 5.75 Å². The van der Waals surface area contributed by atoms with Gasteiger partial charge >= 0.3 is 0 Å². The van der Waals surface area contributed by atoms with Gasteiger partial charge in [-0.05, 0) is 28.8 Å². The third kappa shape index (κ3) is 3.64. The van der Waals surface area contributed by atoms with Crippen molar-refractivity contribution in [2.45, 2.75) is 58.2 Å². The Hall–Kier alpha value is -1.20. The molecule has 0 heterocycles. The highest BCUT2D eigenvalue weighted by Gasteiger charge is 2.42.